The Kier molecular flexibility index (Phi) is 4.50. The van der Waals surface area contributed by atoms with Crippen molar-refractivity contribution in [3.8, 4) is 0 Å². The quantitative estimate of drug-likeness (QED) is 0.895. The van der Waals surface area contributed by atoms with E-state index in [0.29, 0.717) is 11.8 Å². The number of hydrogen-bond donors (Lipinski definition) is 1. The van der Waals surface area contributed by atoms with E-state index in [4.69, 9.17) is 0 Å². The third-order valence-electron chi connectivity index (χ3n) is 6.22. The number of hydrogen-bond acceptors (Lipinski definition) is 3. The number of nitrogens with one attached hydrogen (secondary N) is 1. The van der Waals surface area contributed by atoms with E-state index >= 15 is 0 Å². The first-order valence-corrected chi connectivity index (χ1v) is 9.54. The van der Waals surface area contributed by atoms with Crippen LogP contribution < -0.4 is 10.2 Å². The van der Waals surface area contributed by atoms with Gasteiger partial charge < -0.3 is 15.1 Å². The lowest BCUT2D eigenvalue weighted by atomic mass is 9.78. The zero-order chi connectivity index (χ0) is 17.3. The van der Waals surface area contributed by atoms with Crippen molar-refractivity contribution >= 4 is 17.5 Å². The number of carbonyl (C=O) groups is 2. The average molecular weight is 341 g/mol. The number of likely N-dealkylation sites (tertiary alicyclic amines) is 1. The molecule has 0 atom stereocenters. The summed E-state index contributed by atoms with van der Waals surface area (Å²) in [5, 5.41) is 3.46. The number of fused-ring (bicyclic) bond motifs is 1. The van der Waals surface area contributed by atoms with E-state index in [2.05, 4.69) is 11.4 Å². The van der Waals surface area contributed by atoms with Gasteiger partial charge in [0.05, 0.1) is 0 Å². The van der Waals surface area contributed by atoms with Crippen LogP contribution in [0.2, 0.25) is 0 Å². The lowest BCUT2D eigenvalue weighted by molar-refractivity contribution is -0.133. The molecule has 0 aliphatic carbocycles. The van der Waals surface area contributed by atoms with Gasteiger partial charge in [-0.05, 0) is 55.7 Å². The highest BCUT2D eigenvalue weighted by molar-refractivity contribution is 5.99. The standard InChI is InChI=1S/C20H27N3O2/c24-18-7-3-5-16-4-1-2-6-17(16)23(18)14-19(25)22-12-9-20(10-13-22)8-11-21-15-20/h1-2,4,6,21H,3,5,7-15H2. The Morgan fingerprint density at radius 3 is 2.68 bits per heavy atom. The van der Waals surface area contributed by atoms with Gasteiger partial charge in [0, 0.05) is 31.7 Å². The van der Waals surface area contributed by atoms with Gasteiger partial charge in [0.25, 0.3) is 0 Å². The first-order valence-electron chi connectivity index (χ1n) is 9.54. The number of aryl methyl sites for hydroxylation is 1. The molecule has 1 N–H and O–H groups in total. The molecule has 0 radical (unpaired) electrons. The van der Waals surface area contributed by atoms with Crippen molar-refractivity contribution in [3.05, 3.63) is 29.8 Å². The van der Waals surface area contributed by atoms with Crippen molar-refractivity contribution in [3.63, 3.8) is 0 Å². The summed E-state index contributed by atoms with van der Waals surface area (Å²) in [6.07, 6.45) is 5.68. The summed E-state index contributed by atoms with van der Waals surface area (Å²) in [6, 6.07) is 8.01. The van der Waals surface area contributed by atoms with E-state index in [1.165, 1.54) is 12.0 Å². The van der Waals surface area contributed by atoms with Crippen molar-refractivity contribution in [2.24, 2.45) is 5.41 Å². The van der Waals surface area contributed by atoms with E-state index < -0.39 is 0 Å². The largest absolute Gasteiger partial charge is 0.341 e. The predicted molar refractivity (Wildman–Crippen MR) is 97.5 cm³/mol. The minimum absolute atomic E-state index is 0.0757. The lowest BCUT2D eigenvalue weighted by Crippen LogP contribution is -2.48. The molecule has 0 unspecified atom stereocenters. The maximum absolute atomic E-state index is 12.9. The molecule has 0 bridgehead atoms. The monoisotopic (exact) mass is 341 g/mol. The van der Waals surface area contributed by atoms with Crippen molar-refractivity contribution < 1.29 is 9.59 Å². The molecule has 3 heterocycles. The van der Waals surface area contributed by atoms with Gasteiger partial charge in [-0.1, -0.05) is 18.2 Å². The predicted octanol–water partition coefficient (Wildman–Crippen LogP) is 1.96. The minimum Gasteiger partial charge on any atom is -0.341 e. The van der Waals surface area contributed by atoms with Crippen LogP contribution in [0.4, 0.5) is 5.69 Å². The zero-order valence-corrected chi connectivity index (χ0v) is 14.8. The fourth-order valence-corrected chi connectivity index (χ4v) is 4.55. The molecule has 3 aliphatic heterocycles. The van der Waals surface area contributed by atoms with Gasteiger partial charge in [0.15, 0.2) is 0 Å². The van der Waals surface area contributed by atoms with Crippen LogP contribution in [-0.4, -0.2) is 49.4 Å². The summed E-state index contributed by atoms with van der Waals surface area (Å²) in [4.78, 5) is 29.1. The molecular weight excluding hydrogens is 314 g/mol. The van der Waals surface area contributed by atoms with Gasteiger partial charge in [-0.3, -0.25) is 9.59 Å². The van der Waals surface area contributed by atoms with Crippen LogP contribution in [0.5, 0.6) is 0 Å². The second kappa shape index (κ2) is 6.79. The van der Waals surface area contributed by atoms with Crippen LogP contribution in [-0.2, 0) is 16.0 Å². The molecular formula is C20H27N3O2. The summed E-state index contributed by atoms with van der Waals surface area (Å²) in [5.74, 6) is 0.164. The normalized spacial score (nSPS) is 22.8. The highest BCUT2D eigenvalue weighted by atomic mass is 16.2. The van der Waals surface area contributed by atoms with Gasteiger partial charge in [-0.15, -0.1) is 0 Å². The average Bonchev–Trinajstić information content (AvgIpc) is 3.02. The van der Waals surface area contributed by atoms with Crippen molar-refractivity contribution in [2.75, 3.05) is 37.6 Å². The van der Waals surface area contributed by atoms with Crippen LogP contribution in [0.3, 0.4) is 0 Å². The van der Waals surface area contributed by atoms with Gasteiger partial charge in [-0.25, -0.2) is 0 Å². The molecule has 2 saturated heterocycles. The number of rotatable bonds is 2. The topological polar surface area (TPSA) is 52.7 Å². The SMILES string of the molecule is O=C(CN1C(=O)CCCc2ccccc21)N1CCC2(CCNC2)CC1. The van der Waals surface area contributed by atoms with E-state index in [0.717, 1.165) is 57.5 Å². The number of para-hydroxylation sites is 1. The van der Waals surface area contributed by atoms with Gasteiger partial charge in [0.1, 0.15) is 6.54 Å². The highest BCUT2D eigenvalue weighted by Crippen LogP contribution is 2.37. The Bertz CT molecular complexity index is 657. The second-order valence-electron chi connectivity index (χ2n) is 7.77. The van der Waals surface area contributed by atoms with E-state index in [9.17, 15) is 9.59 Å². The van der Waals surface area contributed by atoms with Crippen molar-refractivity contribution in [1.29, 1.82) is 0 Å². The van der Waals surface area contributed by atoms with E-state index in [1.54, 1.807) is 4.90 Å². The van der Waals surface area contributed by atoms with Crippen LogP contribution in [0.15, 0.2) is 24.3 Å². The smallest absolute Gasteiger partial charge is 0.242 e. The van der Waals surface area contributed by atoms with Gasteiger partial charge >= 0.3 is 0 Å². The van der Waals surface area contributed by atoms with Gasteiger partial charge in [-0.2, -0.15) is 0 Å². The van der Waals surface area contributed by atoms with Crippen molar-refractivity contribution in [1.82, 2.24) is 10.2 Å². The van der Waals surface area contributed by atoms with E-state index in [-0.39, 0.29) is 18.4 Å². The molecule has 0 saturated carbocycles. The molecule has 134 valence electrons. The highest BCUT2D eigenvalue weighted by Gasteiger charge is 2.38. The molecule has 2 amide bonds. The number of anilines is 1. The molecule has 0 aromatic heterocycles. The summed E-state index contributed by atoms with van der Waals surface area (Å²) < 4.78 is 0. The number of benzene rings is 1. The molecule has 3 aliphatic rings. The van der Waals surface area contributed by atoms with E-state index in [1.807, 2.05) is 23.1 Å². The maximum Gasteiger partial charge on any atom is 0.242 e. The Morgan fingerprint density at radius 1 is 1.12 bits per heavy atom. The fraction of sp³-hybridized carbons (Fsp3) is 0.600. The first kappa shape index (κ1) is 16.6. The summed E-state index contributed by atoms with van der Waals surface area (Å²) in [5.41, 5.74) is 2.50. The van der Waals surface area contributed by atoms with Crippen molar-refractivity contribution in [2.45, 2.75) is 38.5 Å². The molecule has 25 heavy (non-hydrogen) atoms. The molecule has 5 nitrogen and oxygen atoms in total. The Labute approximate surface area is 149 Å². The first-order chi connectivity index (χ1) is 12.2. The third kappa shape index (κ3) is 3.30. The van der Waals surface area contributed by atoms with Crippen LogP contribution in [0, 0.1) is 5.41 Å². The number of nitrogens with zero attached hydrogens (tertiary/aromatic N) is 2. The third-order valence-corrected chi connectivity index (χ3v) is 6.22. The fourth-order valence-electron chi connectivity index (χ4n) is 4.55. The molecule has 1 aromatic rings. The lowest BCUT2D eigenvalue weighted by Gasteiger charge is -2.39. The number of carbonyl (C=O) groups excluding carboxylic acids is 2. The zero-order valence-electron chi connectivity index (χ0n) is 14.8. The minimum atomic E-state index is 0.0757. The molecule has 5 heteroatoms. The molecule has 1 spiro atoms. The molecule has 4 rings (SSSR count). The summed E-state index contributed by atoms with van der Waals surface area (Å²) >= 11 is 0. The van der Waals surface area contributed by atoms with Crippen LogP contribution in [0.1, 0.15) is 37.7 Å². The summed E-state index contributed by atoms with van der Waals surface area (Å²) in [7, 11) is 0. The number of piperidine rings is 1. The second-order valence-corrected chi connectivity index (χ2v) is 7.77. The molecule has 2 fully saturated rings. The Hall–Kier alpha value is -1.88. The molecule has 1 aromatic carbocycles. The Balaban J connectivity index is 1.44. The van der Waals surface area contributed by atoms with Gasteiger partial charge in [0.2, 0.25) is 11.8 Å². The van der Waals surface area contributed by atoms with Crippen LogP contribution >= 0.6 is 0 Å². The Morgan fingerprint density at radius 2 is 1.92 bits per heavy atom. The number of amides is 2. The maximum atomic E-state index is 12.9. The van der Waals surface area contributed by atoms with Crippen LogP contribution in [0.25, 0.3) is 0 Å². The summed E-state index contributed by atoms with van der Waals surface area (Å²) in [6.45, 7) is 4.02.